The Bertz CT molecular complexity index is 1580. The number of benzene rings is 3. The van der Waals surface area contributed by atoms with Crippen LogP contribution in [0.1, 0.15) is 27.7 Å². The number of fused-ring (bicyclic) bond motifs is 4. The van der Waals surface area contributed by atoms with Gasteiger partial charge in [-0.1, -0.05) is 65.5 Å². The Morgan fingerprint density at radius 2 is 1.61 bits per heavy atom. The first-order valence-electron chi connectivity index (χ1n) is 11.3. The van der Waals surface area contributed by atoms with Crippen molar-refractivity contribution in [1.29, 1.82) is 0 Å². The number of rotatable bonds is 5. The van der Waals surface area contributed by atoms with Gasteiger partial charge in [0.2, 0.25) is 5.82 Å². The second-order valence-electron chi connectivity index (χ2n) is 8.34. The van der Waals surface area contributed by atoms with E-state index in [1.54, 1.807) is 25.2 Å². The van der Waals surface area contributed by atoms with Crippen LogP contribution in [-0.4, -0.2) is 43.4 Å². The molecule has 178 valence electrons. The second-order valence-corrected chi connectivity index (χ2v) is 8.34. The van der Waals surface area contributed by atoms with Crippen LogP contribution in [0.15, 0.2) is 79.0 Å². The van der Waals surface area contributed by atoms with Crippen molar-refractivity contribution in [1.82, 2.24) is 24.7 Å². The minimum absolute atomic E-state index is 0.0245. The number of imidazole rings is 1. The van der Waals surface area contributed by atoms with E-state index in [4.69, 9.17) is 9.57 Å². The molecule has 0 unspecified atom stereocenters. The molecule has 0 saturated heterocycles. The molecule has 2 aromatic heterocycles. The summed E-state index contributed by atoms with van der Waals surface area (Å²) in [5.41, 5.74) is 5.66. The van der Waals surface area contributed by atoms with Crippen molar-refractivity contribution in [2.75, 3.05) is 11.9 Å². The molecule has 10 nitrogen and oxygen atoms in total. The molecule has 0 aliphatic heterocycles. The van der Waals surface area contributed by atoms with Gasteiger partial charge in [0.25, 0.3) is 0 Å². The van der Waals surface area contributed by atoms with Crippen molar-refractivity contribution in [2.24, 2.45) is 7.05 Å². The summed E-state index contributed by atoms with van der Waals surface area (Å²) in [6.45, 7) is 0.168. The summed E-state index contributed by atoms with van der Waals surface area (Å²) in [6.07, 6.45) is 0.828. The Hall–Kier alpha value is -4.99. The van der Waals surface area contributed by atoms with Gasteiger partial charge >= 0.3 is 12.1 Å². The summed E-state index contributed by atoms with van der Waals surface area (Å²) in [7, 11) is 1.62. The molecule has 1 aliphatic carbocycles. The quantitative estimate of drug-likeness (QED) is 0.381. The number of amides is 1. The van der Waals surface area contributed by atoms with E-state index in [9.17, 15) is 9.59 Å². The molecule has 2 heterocycles. The molecule has 1 N–H and O–H groups in total. The zero-order valence-electron chi connectivity index (χ0n) is 19.2. The number of anilines is 1. The first-order chi connectivity index (χ1) is 17.6. The highest BCUT2D eigenvalue weighted by molar-refractivity contribution is 5.89. The summed E-state index contributed by atoms with van der Waals surface area (Å²) in [5, 5.41) is 10.4. The molecule has 6 rings (SSSR count). The molecule has 5 aromatic rings. The van der Waals surface area contributed by atoms with Crippen molar-refractivity contribution in [3.8, 4) is 11.1 Å². The van der Waals surface area contributed by atoms with Crippen molar-refractivity contribution in [3.63, 3.8) is 0 Å². The fourth-order valence-electron chi connectivity index (χ4n) is 4.49. The third kappa shape index (κ3) is 3.74. The maximum absolute atomic E-state index is 12.7. The molecule has 0 fully saturated rings. The van der Waals surface area contributed by atoms with E-state index in [0.717, 1.165) is 27.1 Å². The minimum Gasteiger partial charge on any atom is -0.448 e. The number of hydrogen-bond acceptors (Lipinski definition) is 7. The van der Waals surface area contributed by atoms with Crippen LogP contribution in [0, 0.1) is 0 Å². The lowest BCUT2D eigenvalue weighted by Gasteiger charge is -2.14. The number of carbonyl (C=O) groups excluding carboxylic acids is 2. The maximum atomic E-state index is 12.7. The first-order valence-corrected chi connectivity index (χ1v) is 11.3. The third-order valence-corrected chi connectivity index (χ3v) is 6.12. The molecule has 1 aliphatic rings. The van der Waals surface area contributed by atoms with Gasteiger partial charge in [0, 0.05) is 19.2 Å². The molecular weight excluding hydrogens is 460 g/mol. The highest BCUT2D eigenvalue weighted by atomic mass is 16.7. The van der Waals surface area contributed by atoms with Crippen LogP contribution in [0.5, 0.6) is 0 Å². The van der Waals surface area contributed by atoms with Gasteiger partial charge in [-0.05, 0) is 39.6 Å². The Balaban J connectivity index is 1.13. The van der Waals surface area contributed by atoms with Crippen molar-refractivity contribution in [3.05, 3.63) is 95.9 Å². The molecule has 1 amide bonds. The van der Waals surface area contributed by atoms with Crippen molar-refractivity contribution >= 4 is 28.9 Å². The summed E-state index contributed by atoms with van der Waals surface area (Å²) < 4.78 is 6.99. The smallest absolute Gasteiger partial charge is 0.412 e. The van der Waals surface area contributed by atoms with Gasteiger partial charge in [0.1, 0.15) is 17.6 Å². The summed E-state index contributed by atoms with van der Waals surface area (Å²) in [4.78, 5) is 35.8. The fourth-order valence-corrected chi connectivity index (χ4v) is 4.49. The number of ether oxygens (including phenoxy) is 1. The van der Waals surface area contributed by atoms with E-state index >= 15 is 0 Å². The summed E-state index contributed by atoms with van der Waals surface area (Å²) in [6, 6.07) is 23.3. The lowest BCUT2D eigenvalue weighted by Crippen LogP contribution is -2.23. The van der Waals surface area contributed by atoms with Gasteiger partial charge < -0.3 is 14.1 Å². The van der Waals surface area contributed by atoms with Gasteiger partial charge in [-0.2, -0.15) is 0 Å². The van der Waals surface area contributed by atoms with E-state index in [1.807, 2.05) is 30.3 Å². The van der Waals surface area contributed by atoms with E-state index in [-0.39, 0.29) is 24.2 Å². The van der Waals surface area contributed by atoms with Crippen molar-refractivity contribution in [2.45, 2.75) is 5.92 Å². The minimum atomic E-state index is -0.756. The first kappa shape index (κ1) is 21.5. The molecular formula is C26H20N6O4. The Morgan fingerprint density at radius 1 is 0.944 bits per heavy atom. The standard InChI is InChI=1S/C26H20N6O4/c1-31-14-23(27-24(31)25(33)36-32-22-13-7-6-12-21(22)29-30-32)28-26(34)35-15-20-18-10-4-2-8-16(18)17-9-3-5-11-19(17)20/h2-14,20H,15H2,1H3,(H,28,34). The number of carbonyl (C=O) groups is 2. The predicted molar refractivity (Wildman–Crippen MR) is 130 cm³/mol. The average molecular weight is 480 g/mol. The monoisotopic (exact) mass is 480 g/mol. The zero-order chi connectivity index (χ0) is 24.6. The summed E-state index contributed by atoms with van der Waals surface area (Å²) >= 11 is 0. The van der Waals surface area contributed by atoms with Gasteiger partial charge in [0.15, 0.2) is 5.82 Å². The van der Waals surface area contributed by atoms with Gasteiger partial charge in [0.05, 0.1) is 0 Å². The molecule has 36 heavy (non-hydrogen) atoms. The largest absolute Gasteiger partial charge is 0.448 e. The molecule has 0 bridgehead atoms. The van der Waals surface area contributed by atoms with E-state index in [1.165, 1.54) is 10.8 Å². The van der Waals surface area contributed by atoms with Crippen molar-refractivity contribution < 1.29 is 19.2 Å². The van der Waals surface area contributed by atoms with E-state index in [2.05, 4.69) is 44.9 Å². The molecule has 0 radical (unpaired) electrons. The molecule has 0 atom stereocenters. The number of nitrogens with zero attached hydrogens (tertiary/aromatic N) is 5. The SMILES string of the molecule is Cn1cc(NC(=O)OCC2c3ccccc3-c3ccccc32)nc1C(=O)On1nnc2ccccc21. The van der Waals surface area contributed by atoms with Gasteiger partial charge in [-0.15, -0.1) is 5.10 Å². The highest BCUT2D eigenvalue weighted by Gasteiger charge is 2.29. The Morgan fingerprint density at radius 3 is 2.36 bits per heavy atom. The molecule has 0 saturated carbocycles. The van der Waals surface area contributed by atoms with E-state index < -0.39 is 12.1 Å². The molecule has 10 heteroatoms. The lowest BCUT2D eigenvalue weighted by molar-refractivity contribution is 0.0390. The second kappa shape index (κ2) is 8.66. The Kier molecular flexibility index (Phi) is 5.18. The highest BCUT2D eigenvalue weighted by Crippen LogP contribution is 2.44. The number of aryl methyl sites for hydroxylation is 1. The normalized spacial score (nSPS) is 12.2. The average Bonchev–Trinajstić information content (AvgIpc) is 3.56. The van der Waals surface area contributed by atoms with Crippen LogP contribution in [-0.2, 0) is 11.8 Å². The topological polar surface area (TPSA) is 113 Å². The van der Waals surface area contributed by atoms with E-state index in [0.29, 0.717) is 11.0 Å². The molecule has 0 spiro atoms. The predicted octanol–water partition coefficient (Wildman–Crippen LogP) is 3.79. The van der Waals surface area contributed by atoms with Crippen LogP contribution < -0.4 is 10.2 Å². The number of para-hydroxylation sites is 1. The zero-order valence-corrected chi connectivity index (χ0v) is 19.2. The fraction of sp³-hybridized carbons (Fsp3) is 0.115. The summed E-state index contributed by atoms with van der Waals surface area (Å²) in [5.74, 6) is -0.683. The van der Waals surface area contributed by atoms with Gasteiger partial charge in [-0.3, -0.25) is 5.32 Å². The lowest BCUT2D eigenvalue weighted by atomic mass is 9.98. The Labute approximate surface area is 205 Å². The molecule has 3 aromatic carbocycles. The number of aromatic nitrogens is 5. The van der Waals surface area contributed by atoms with Crippen LogP contribution >= 0.6 is 0 Å². The third-order valence-electron chi connectivity index (χ3n) is 6.12. The van der Waals surface area contributed by atoms with Gasteiger partial charge in [-0.25, -0.2) is 14.6 Å². The van der Waals surface area contributed by atoms with Crippen LogP contribution in [0.4, 0.5) is 10.6 Å². The number of nitrogens with one attached hydrogen (secondary N) is 1. The number of hydrogen-bond donors (Lipinski definition) is 1. The van der Waals surface area contributed by atoms with Crippen LogP contribution in [0.25, 0.3) is 22.2 Å². The van der Waals surface area contributed by atoms with Crippen LogP contribution in [0.2, 0.25) is 0 Å². The maximum Gasteiger partial charge on any atom is 0.412 e. The van der Waals surface area contributed by atoms with Crippen LogP contribution in [0.3, 0.4) is 0 Å².